The zero-order valence-electron chi connectivity index (χ0n) is 13.0. The van der Waals surface area contributed by atoms with Gasteiger partial charge in [-0.2, -0.15) is 0 Å². The topological polar surface area (TPSA) is 37.3 Å². The average Bonchev–Trinajstić information content (AvgIpc) is 2.63. The summed E-state index contributed by atoms with van der Waals surface area (Å²) in [6.07, 6.45) is 0.260. The van der Waals surface area contributed by atoms with Crippen molar-refractivity contribution >= 4 is 16.8 Å². The Bertz CT molecular complexity index is 789. The van der Waals surface area contributed by atoms with Crippen molar-refractivity contribution in [3.63, 3.8) is 0 Å². The van der Waals surface area contributed by atoms with Crippen LogP contribution in [-0.4, -0.2) is 10.3 Å². The van der Waals surface area contributed by atoms with Crippen LogP contribution in [0.3, 0.4) is 0 Å². The number of aliphatic hydroxyl groups is 1. The molecule has 0 aliphatic rings. The van der Waals surface area contributed by atoms with Gasteiger partial charge in [0.15, 0.2) is 0 Å². The van der Waals surface area contributed by atoms with Gasteiger partial charge in [0.1, 0.15) is 5.60 Å². The molecule has 0 aliphatic heterocycles. The van der Waals surface area contributed by atoms with Gasteiger partial charge in [-0.05, 0) is 34.4 Å². The lowest BCUT2D eigenvalue weighted by atomic mass is 9.80. The smallest absolute Gasteiger partial charge is 0.252 e. The number of benzene rings is 3. The molecule has 0 amide bonds. The summed E-state index contributed by atoms with van der Waals surface area (Å²) in [6.45, 7) is 0. The SMILES string of the molecule is O=C(Cl)c1ccccc1CC(O)(c1ccccc1)c1ccccc1. The highest BCUT2D eigenvalue weighted by molar-refractivity contribution is 6.67. The maximum absolute atomic E-state index is 11.7. The minimum absolute atomic E-state index is 0.260. The van der Waals surface area contributed by atoms with Gasteiger partial charge < -0.3 is 5.11 Å². The molecule has 3 heteroatoms. The van der Waals surface area contributed by atoms with Crippen molar-refractivity contribution in [2.75, 3.05) is 0 Å². The Labute approximate surface area is 146 Å². The molecular weight excluding hydrogens is 320 g/mol. The van der Waals surface area contributed by atoms with Crippen LogP contribution in [-0.2, 0) is 12.0 Å². The summed E-state index contributed by atoms with van der Waals surface area (Å²) in [5.74, 6) is 0. The lowest BCUT2D eigenvalue weighted by Gasteiger charge is -2.30. The van der Waals surface area contributed by atoms with E-state index in [9.17, 15) is 9.90 Å². The highest BCUT2D eigenvalue weighted by atomic mass is 35.5. The van der Waals surface area contributed by atoms with E-state index in [1.165, 1.54) is 0 Å². The molecular formula is C21H17ClO2. The van der Waals surface area contributed by atoms with Crippen molar-refractivity contribution in [1.82, 2.24) is 0 Å². The number of rotatable bonds is 5. The molecule has 0 aliphatic carbocycles. The monoisotopic (exact) mass is 336 g/mol. The molecule has 0 spiro atoms. The molecule has 0 bridgehead atoms. The molecule has 0 atom stereocenters. The van der Waals surface area contributed by atoms with E-state index in [1.807, 2.05) is 72.8 Å². The van der Waals surface area contributed by atoms with E-state index in [0.29, 0.717) is 11.1 Å². The second kappa shape index (κ2) is 7.00. The maximum atomic E-state index is 11.7. The van der Waals surface area contributed by atoms with Gasteiger partial charge in [-0.3, -0.25) is 4.79 Å². The summed E-state index contributed by atoms with van der Waals surface area (Å²) >= 11 is 5.71. The van der Waals surface area contributed by atoms with Gasteiger partial charge in [0, 0.05) is 12.0 Å². The largest absolute Gasteiger partial charge is 0.380 e. The minimum Gasteiger partial charge on any atom is -0.380 e. The van der Waals surface area contributed by atoms with Crippen LogP contribution >= 0.6 is 11.6 Å². The van der Waals surface area contributed by atoms with Crippen LogP contribution in [0.1, 0.15) is 27.0 Å². The molecule has 0 aromatic heterocycles. The zero-order chi connectivity index (χ0) is 17.0. The van der Waals surface area contributed by atoms with Crippen molar-refractivity contribution in [1.29, 1.82) is 0 Å². The third-order valence-corrected chi connectivity index (χ3v) is 4.38. The molecule has 3 rings (SSSR count). The summed E-state index contributed by atoms with van der Waals surface area (Å²) < 4.78 is 0. The number of carbonyl (C=O) groups excluding carboxylic acids is 1. The summed E-state index contributed by atoms with van der Waals surface area (Å²) in [6, 6.07) is 26.0. The number of carbonyl (C=O) groups is 1. The molecule has 1 N–H and O–H groups in total. The first kappa shape index (κ1) is 16.4. The van der Waals surface area contributed by atoms with Gasteiger partial charge in [0.2, 0.25) is 0 Å². The molecule has 0 heterocycles. The Kier molecular flexibility index (Phi) is 4.79. The summed E-state index contributed by atoms with van der Waals surface area (Å²) in [5, 5.41) is 11.0. The van der Waals surface area contributed by atoms with E-state index in [-0.39, 0.29) is 6.42 Å². The van der Waals surface area contributed by atoms with Gasteiger partial charge in [0.05, 0.1) is 0 Å². The van der Waals surface area contributed by atoms with Crippen LogP contribution in [0.2, 0.25) is 0 Å². The Hall–Kier alpha value is -2.42. The quantitative estimate of drug-likeness (QED) is 0.694. The van der Waals surface area contributed by atoms with Crippen molar-refractivity contribution in [2.24, 2.45) is 0 Å². The lowest BCUT2D eigenvalue weighted by molar-refractivity contribution is 0.0808. The lowest BCUT2D eigenvalue weighted by Crippen LogP contribution is -2.30. The molecule has 0 saturated carbocycles. The van der Waals surface area contributed by atoms with Crippen LogP contribution in [0.15, 0.2) is 84.9 Å². The van der Waals surface area contributed by atoms with E-state index >= 15 is 0 Å². The van der Waals surface area contributed by atoms with Crippen LogP contribution in [0.25, 0.3) is 0 Å². The van der Waals surface area contributed by atoms with E-state index in [2.05, 4.69) is 0 Å². The molecule has 0 unspecified atom stereocenters. The molecule has 120 valence electrons. The van der Waals surface area contributed by atoms with Crippen molar-refractivity contribution in [2.45, 2.75) is 12.0 Å². The number of halogens is 1. The Morgan fingerprint density at radius 1 is 0.792 bits per heavy atom. The van der Waals surface area contributed by atoms with E-state index < -0.39 is 10.8 Å². The molecule has 24 heavy (non-hydrogen) atoms. The fourth-order valence-corrected chi connectivity index (χ4v) is 3.12. The first-order valence-corrected chi connectivity index (χ1v) is 8.10. The van der Waals surface area contributed by atoms with Crippen molar-refractivity contribution < 1.29 is 9.90 Å². The summed E-state index contributed by atoms with van der Waals surface area (Å²) in [5.41, 5.74) is 1.43. The summed E-state index contributed by atoms with van der Waals surface area (Å²) in [4.78, 5) is 11.7. The normalized spacial score (nSPS) is 11.2. The van der Waals surface area contributed by atoms with Gasteiger partial charge in [0.25, 0.3) is 5.24 Å². The zero-order valence-corrected chi connectivity index (χ0v) is 13.8. The van der Waals surface area contributed by atoms with E-state index in [4.69, 9.17) is 11.6 Å². The Morgan fingerprint density at radius 2 is 1.25 bits per heavy atom. The second-order valence-corrected chi connectivity index (χ2v) is 6.04. The Balaban J connectivity index is 2.12. The first-order valence-electron chi connectivity index (χ1n) is 7.72. The van der Waals surface area contributed by atoms with Gasteiger partial charge in [-0.15, -0.1) is 0 Å². The predicted octanol–water partition coefficient (Wildman–Crippen LogP) is 4.54. The highest BCUT2D eigenvalue weighted by Gasteiger charge is 2.32. The third-order valence-electron chi connectivity index (χ3n) is 4.18. The highest BCUT2D eigenvalue weighted by Crippen LogP contribution is 2.34. The predicted molar refractivity (Wildman–Crippen MR) is 96.2 cm³/mol. The summed E-state index contributed by atoms with van der Waals surface area (Å²) in [7, 11) is 0. The molecule has 3 aromatic rings. The maximum Gasteiger partial charge on any atom is 0.252 e. The fourth-order valence-electron chi connectivity index (χ4n) is 2.94. The van der Waals surface area contributed by atoms with Gasteiger partial charge in [-0.25, -0.2) is 0 Å². The fraction of sp³-hybridized carbons (Fsp3) is 0.0952. The van der Waals surface area contributed by atoms with Gasteiger partial charge in [-0.1, -0.05) is 78.9 Å². The van der Waals surface area contributed by atoms with Crippen LogP contribution in [0.4, 0.5) is 0 Å². The molecule has 0 radical (unpaired) electrons. The standard InChI is InChI=1S/C21H17ClO2/c22-20(23)19-14-8-7-9-16(19)15-21(24,17-10-3-1-4-11-17)18-12-5-2-6-13-18/h1-14,24H,15H2. The van der Waals surface area contributed by atoms with Crippen LogP contribution in [0.5, 0.6) is 0 Å². The van der Waals surface area contributed by atoms with Crippen molar-refractivity contribution in [3.8, 4) is 0 Å². The van der Waals surface area contributed by atoms with E-state index in [0.717, 1.165) is 11.1 Å². The molecule has 0 saturated heterocycles. The molecule has 2 nitrogen and oxygen atoms in total. The van der Waals surface area contributed by atoms with Gasteiger partial charge >= 0.3 is 0 Å². The molecule has 3 aromatic carbocycles. The van der Waals surface area contributed by atoms with Crippen molar-refractivity contribution in [3.05, 3.63) is 107 Å². The third kappa shape index (κ3) is 3.25. The van der Waals surface area contributed by atoms with Crippen LogP contribution in [0, 0.1) is 0 Å². The second-order valence-electron chi connectivity index (χ2n) is 5.70. The first-order chi connectivity index (χ1) is 11.6. The van der Waals surface area contributed by atoms with Crippen LogP contribution < -0.4 is 0 Å². The Morgan fingerprint density at radius 3 is 1.75 bits per heavy atom. The molecule has 0 fully saturated rings. The number of hydrogen-bond acceptors (Lipinski definition) is 2. The minimum atomic E-state index is -1.25. The average molecular weight is 337 g/mol. The number of hydrogen-bond donors (Lipinski definition) is 1. The van der Waals surface area contributed by atoms with E-state index in [1.54, 1.807) is 12.1 Å².